The van der Waals surface area contributed by atoms with Gasteiger partial charge >= 0.3 is 7.12 Å². The lowest BCUT2D eigenvalue weighted by Crippen LogP contribution is -2.41. The molecule has 2 aliphatic heterocycles. The van der Waals surface area contributed by atoms with E-state index in [1.165, 1.54) is 11.3 Å². The molecule has 4 nitrogen and oxygen atoms in total. The lowest BCUT2D eigenvalue weighted by molar-refractivity contribution is 0.00578. The number of rotatable bonds is 3. The minimum Gasteiger partial charge on any atom is -0.400 e. The fourth-order valence-electron chi connectivity index (χ4n) is 2.85. The van der Waals surface area contributed by atoms with E-state index in [2.05, 4.69) is 57.3 Å². The molecule has 3 rings (SSSR count). The number of anilines is 1. The summed E-state index contributed by atoms with van der Waals surface area (Å²) in [5, 5.41) is 3.38. The Bertz CT molecular complexity index is 595. The lowest BCUT2D eigenvalue weighted by atomic mass is 9.77. The van der Waals surface area contributed by atoms with Crippen LogP contribution >= 0.6 is 0 Å². The first-order valence-electron chi connectivity index (χ1n) is 7.95. The maximum atomic E-state index is 6.10. The summed E-state index contributed by atoms with van der Waals surface area (Å²) in [7, 11) is -0.374. The first kappa shape index (κ1) is 15.6. The van der Waals surface area contributed by atoms with Gasteiger partial charge in [-0.15, -0.1) is 0 Å². The fraction of sp³-hybridized carbons (Fsp3) is 0.529. The van der Waals surface area contributed by atoms with Gasteiger partial charge in [0.25, 0.3) is 0 Å². The Morgan fingerprint density at radius 1 is 1.27 bits per heavy atom. The van der Waals surface area contributed by atoms with Crippen LogP contribution in [0.5, 0.6) is 0 Å². The minimum atomic E-state index is -0.374. The van der Waals surface area contributed by atoms with Crippen molar-refractivity contribution in [1.82, 2.24) is 0 Å². The van der Waals surface area contributed by atoms with E-state index in [-0.39, 0.29) is 18.3 Å². The van der Waals surface area contributed by atoms with Gasteiger partial charge in [0.15, 0.2) is 0 Å². The summed E-state index contributed by atoms with van der Waals surface area (Å²) >= 11 is 0. The molecule has 0 amide bonds. The van der Waals surface area contributed by atoms with E-state index in [4.69, 9.17) is 15.0 Å². The van der Waals surface area contributed by atoms with Gasteiger partial charge in [-0.3, -0.25) is 0 Å². The molecule has 0 bridgehead atoms. The molecule has 0 aromatic heterocycles. The average Bonchev–Trinajstić information content (AvgIpc) is 2.98. The Balaban J connectivity index is 1.86. The number of fused-ring (bicyclic) bond motifs is 1. The Morgan fingerprint density at radius 2 is 1.95 bits per heavy atom. The first-order valence-corrected chi connectivity index (χ1v) is 7.95. The number of nitrogens with one attached hydrogen (secondary N) is 1. The zero-order valence-electron chi connectivity index (χ0n) is 13.9. The Hall–Kier alpha value is -1.30. The van der Waals surface area contributed by atoms with Crippen LogP contribution in [0.4, 0.5) is 5.69 Å². The second kappa shape index (κ2) is 5.41. The van der Waals surface area contributed by atoms with Gasteiger partial charge in [-0.25, -0.2) is 0 Å². The highest BCUT2D eigenvalue weighted by Gasteiger charge is 2.52. The van der Waals surface area contributed by atoms with Crippen molar-refractivity contribution in [1.29, 1.82) is 0 Å². The molecule has 5 heteroatoms. The Kier molecular flexibility index (Phi) is 3.83. The number of nitrogens with two attached hydrogens (primary N) is 1. The Morgan fingerprint density at radius 3 is 2.59 bits per heavy atom. The second-order valence-corrected chi connectivity index (χ2v) is 7.10. The van der Waals surface area contributed by atoms with Crippen molar-refractivity contribution in [3.8, 4) is 0 Å². The molecule has 1 saturated heterocycles. The normalized spacial score (nSPS) is 22.6. The topological polar surface area (TPSA) is 56.5 Å². The predicted octanol–water partition coefficient (Wildman–Crippen LogP) is 2.63. The van der Waals surface area contributed by atoms with Crippen LogP contribution < -0.4 is 11.1 Å². The van der Waals surface area contributed by atoms with Gasteiger partial charge in [-0.1, -0.05) is 12.1 Å². The third-order valence-corrected chi connectivity index (χ3v) is 4.98. The second-order valence-electron chi connectivity index (χ2n) is 7.10. The molecule has 1 aromatic rings. The van der Waals surface area contributed by atoms with Crippen molar-refractivity contribution in [2.45, 2.75) is 45.3 Å². The Labute approximate surface area is 133 Å². The van der Waals surface area contributed by atoms with Gasteiger partial charge in [0.05, 0.1) is 11.2 Å². The van der Waals surface area contributed by atoms with Gasteiger partial charge in [0.1, 0.15) is 0 Å². The SMILES string of the molecule is CC1(C)OB(C(=Cc2ccc3c(c2)CCN3)CN)OC1(C)C. The highest BCUT2D eigenvalue weighted by Crippen LogP contribution is 2.38. The van der Waals surface area contributed by atoms with E-state index in [0.29, 0.717) is 6.54 Å². The average molecular weight is 300 g/mol. The minimum absolute atomic E-state index is 0.340. The molecule has 1 aromatic carbocycles. The van der Waals surface area contributed by atoms with Crippen LogP contribution in [0.15, 0.2) is 23.7 Å². The van der Waals surface area contributed by atoms with Crippen molar-refractivity contribution >= 4 is 18.9 Å². The highest BCUT2D eigenvalue weighted by molar-refractivity contribution is 6.55. The third-order valence-electron chi connectivity index (χ3n) is 4.98. The molecule has 0 saturated carbocycles. The standard InChI is InChI=1S/C17H25BN2O2/c1-16(2)17(3,4)22-18(21-16)14(11-19)10-12-5-6-15-13(9-12)7-8-20-15/h5-6,9-10,20H,7-8,11,19H2,1-4H3. The van der Waals surface area contributed by atoms with Crippen molar-refractivity contribution in [2.75, 3.05) is 18.4 Å². The smallest absolute Gasteiger partial charge is 0.400 e. The van der Waals surface area contributed by atoms with Crippen molar-refractivity contribution in [3.05, 3.63) is 34.8 Å². The van der Waals surface area contributed by atoms with E-state index in [0.717, 1.165) is 24.0 Å². The summed E-state index contributed by atoms with van der Waals surface area (Å²) < 4.78 is 12.2. The summed E-state index contributed by atoms with van der Waals surface area (Å²) in [4.78, 5) is 0. The largest absolute Gasteiger partial charge is 0.491 e. The number of hydrogen-bond donors (Lipinski definition) is 2. The van der Waals surface area contributed by atoms with Gasteiger partial charge in [0, 0.05) is 18.8 Å². The molecule has 1 fully saturated rings. The molecule has 0 aliphatic carbocycles. The monoisotopic (exact) mass is 300 g/mol. The maximum absolute atomic E-state index is 6.10. The molecule has 0 atom stereocenters. The van der Waals surface area contributed by atoms with E-state index < -0.39 is 0 Å². The third kappa shape index (κ3) is 2.69. The zero-order valence-corrected chi connectivity index (χ0v) is 13.9. The lowest BCUT2D eigenvalue weighted by Gasteiger charge is -2.32. The molecule has 0 spiro atoms. The van der Waals surface area contributed by atoms with E-state index in [9.17, 15) is 0 Å². The summed E-state index contributed by atoms with van der Waals surface area (Å²) in [6, 6.07) is 6.46. The van der Waals surface area contributed by atoms with Crippen molar-refractivity contribution in [2.24, 2.45) is 5.73 Å². The molecular formula is C17H25BN2O2. The molecule has 3 N–H and O–H groups in total. The van der Waals surface area contributed by atoms with Gasteiger partial charge in [0.2, 0.25) is 0 Å². The summed E-state index contributed by atoms with van der Waals surface area (Å²) in [5.41, 5.74) is 10.00. The number of hydrogen-bond acceptors (Lipinski definition) is 4. The van der Waals surface area contributed by atoms with Crippen LogP contribution in [0.1, 0.15) is 38.8 Å². The highest BCUT2D eigenvalue weighted by atomic mass is 16.7. The predicted molar refractivity (Wildman–Crippen MR) is 91.7 cm³/mol. The van der Waals surface area contributed by atoms with Crippen LogP contribution in [0.2, 0.25) is 0 Å². The maximum Gasteiger partial charge on any atom is 0.491 e. The van der Waals surface area contributed by atoms with Gasteiger partial charge in [-0.05, 0) is 62.8 Å². The molecule has 2 heterocycles. The van der Waals surface area contributed by atoms with E-state index in [1.807, 2.05) is 0 Å². The molecule has 118 valence electrons. The van der Waals surface area contributed by atoms with Crippen LogP contribution in [0.3, 0.4) is 0 Å². The molecule has 2 aliphatic rings. The zero-order chi connectivity index (χ0) is 16.0. The summed E-state index contributed by atoms with van der Waals surface area (Å²) in [6.07, 6.45) is 3.17. The van der Waals surface area contributed by atoms with Crippen LogP contribution in [-0.2, 0) is 15.7 Å². The first-order chi connectivity index (χ1) is 10.3. The van der Waals surface area contributed by atoms with Crippen molar-refractivity contribution < 1.29 is 9.31 Å². The fourth-order valence-corrected chi connectivity index (χ4v) is 2.85. The van der Waals surface area contributed by atoms with Gasteiger partial charge in [-0.2, -0.15) is 0 Å². The van der Waals surface area contributed by atoms with E-state index in [1.54, 1.807) is 0 Å². The van der Waals surface area contributed by atoms with Crippen LogP contribution in [0.25, 0.3) is 6.08 Å². The molecule has 22 heavy (non-hydrogen) atoms. The van der Waals surface area contributed by atoms with E-state index >= 15 is 0 Å². The van der Waals surface area contributed by atoms with Crippen LogP contribution in [0, 0.1) is 0 Å². The summed E-state index contributed by atoms with van der Waals surface area (Å²) in [5.74, 6) is 0. The van der Waals surface area contributed by atoms with Crippen LogP contribution in [-0.4, -0.2) is 31.4 Å². The van der Waals surface area contributed by atoms with Gasteiger partial charge < -0.3 is 20.4 Å². The summed E-state index contributed by atoms with van der Waals surface area (Å²) in [6.45, 7) is 9.67. The molecule has 0 unspecified atom stereocenters. The van der Waals surface area contributed by atoms with Crippen molar-refractivity contribution in [3.63, 3.8) is 0 Å². The number of benzene rings is 1. The quantitative estimate of drug-likeness (QED) is 0.843. The molecular weight excluding hydrogens is 275 g/mol. The molecule has 0 radical (unpaired) electrons.